The van der Waals surface area contributed by atoms with Gasteiger partial charge in [0.25, 0.3) is 0 Å². The number of hydrogen-bond donors (Lipinski definition) is 1. The van der Waals surface area contributed by atoms with Crippen LogP contribution in [0.3, 0.4) is 0 Å². The van der Waals surface area contributed by atoms with E-state index in [-0.39, 0.29) is 5.82 Å². The maximum Gasteiger partial charge on any atom is 0.123 e. The molecule has 1 fully saturated rings. The summed E-state index contributed by atoms with van der Waals surface area (Å²) in [6, 6.07) is 5.77. The molecule has 1 aliphatic rings. The van der Waals surface area contributed by atoms with Crippen LogP contribution < -0.4 is 5.32 Å². The summed E-state index contributed by atoms with van der Waals surface area (Å²) in [5.74, 6) is 0.0928. The molecule has 18 heavy (non-hydrogen) atoms. The highest BCUT2D eigenvalue weighted by Gasteiger charge is 2.20. The van der Waals surface area contributed by atoms with E-state index in [0.717, 1.165) is 25.9 Å². The van der Waals surface area contributed by atoms with Gasteiger partial charge in [-0.25, -0.2) is 4.39 Å². The lowest BCUT2D eigenvalue weighted by molar-refractivity contribution is 0.346. The van der Waals surface area contributed by atoms with Crippen molar-refractivity contribution in [2.24, 2.45) is 5.92 Å². The van der Waals surface area contributed by atoms with Crippen molar-refractivity contribution in [1.82, 2.24) is 5.32 Å². The van der Waals surface area contributed by atoms with Crippen LogP contribution in [0, 0.1) is 11.7 Å². The van der Waals surface area contributed by atoms with Gasteiger partial charge in [-0.05, 0) is 67.0 Å². The van der Waals surface area contributed by atoms with Gasteiger partial charge in [-0.2, -0.15) is 0 Å². The fraction of sp³-hybridized carbons (Fsp3) is 0.538. The molecule has 0 bridgehead atoms. The van der Waals surface area contributed by atoms with Crippen LogP contribution in [0.1, 0.15) is 30.1 Å². The molecule has 0 aromatic heterocycles. The second kappa shape index (κ2) is 6.41. The largest absolute Gasteiger partial charge is 0.772 e. The Balaban J connectivity index is 2.07. The van der Waals surface area contributed by atoms with Crippen LogP contribution in [0.4, 0.5) is 4.39 Å². The molecule has 0 aliphatic carbocycles. The molecule has 1 aromatic carbocycles. The predicted molar refractivity (Wildman–Crippen MR) is 68.3 cm³/mol. The summed E-state index contributed by atoms with van der Waals surface area (Å²) in [4.78, 5) is 0. The fourth-order valence-corrected chi connectivity index (χ4v) is 3.23. The smallest absolute Gasteiger partial charge is 0.123 e. The summed E-state index contributed by atoms with van der Waals surface area (Å²) in [5, 5.41) is 2.74. The first-order chi connectivity index (χ1) is 8.66. The molecular formula is C13H17FNO2S-. The van der Waals surface area contributed by atoms with Gasteiger partial charge in [0.2, 0.25) is 0 Å². The predicted octanol–water partition coefficient (Wildman–Crippen LogP) is 2.14. The van der Waals surface area contributed by atoms with Gasteiger partial charge < -0.3 is 9.87 Å². The minimum Gasteiger partial charge on any atom is -0.772 e. The SMILES string of the molecule is O=S([O-])C(CC1CCNCC1)c1ccc(F)cc1. The molecular weight excluding hydrogens is 253 g/mol. The molecule has 2 rings (SSSR count). The number of rotatable bonds is 4. The number of hydrogen-bond acceptors (Lipinski definition) is 3. The molecule has 0 amide bonds. The van der Waals surface area contributed by atoms with E-state index in [0.29, 0.717) is 17.9 Å². The summed E-state index contributed by atoms with van der Waals surface area (Å²) in [6.07, 6.45) is 2.65. The van der Waals surface area contributed by atoms with Crippen LogP contribution in [-0.2, 0) is 11.1 Å². The average Bonchev–Trinajstić information content (AvgIpc) is 2.38. The molecule has 1 saturated heterocycles. The highest BCUT2D eigenvalue weighted by molar-refractivity contribution is 7.79. The molecule has 1 N–H and O–H groups in total. The highest BCUT2D eigenvalue weighted by atomic mass is 32.2. The first-order valence-electron chi connectivity index (χ1n) is 6.21. The van der Waals surface area contributed by atoms with E-state index in [1.165, 1.54) is 12.1 Å². The molecule has 2 atom stereocenters. The van der Waals surface area contributed by atoms with Gasteiger partial charge in [0.15, 0.2) is 0 Å². The van der Waals surface area contributed by atoms with Crippen LogP contribution in [0.2, 0.25) is 0 Å². The summed E-state index contributed by atoms with van der Waals surface area (Å²) in [7, 11) is 0. The fourth-order valence-electron chi connectivity index (χ4n) is 2.42. The summed E-state index contributed by atoms with van der Waals surface area (Å²) >= 11 is -2.16. The van der Waals surface area contributed by atoms with E-state index in [9.17, 15) is 13.2 Å². The van der Waals surface area contributed by atoms with Crippen molar-refractivity contribution >= 4 is 11.1 Å². The van der Waals surface area contributed by atoms with Crippen molar-refractivity contribution in [2.45, 2.75) is 24.5 Å². The Morgan fingerprint density at radius 1 is 1.33 bits per heavy atom. The quantitative estimate of drug-likeness (QED) is 0.853. The zero-order valence-corrected chi connectivity index (χ0v) is 10.9. The number of nitrogens with one attached hydrogen (secondary N) is 1. The van der Waals surface area contributed by atoms with E-state index < -0.39 is 16.3 Å². The van der Waals surface area contributed by atoms with Crippen LogP contribution >= 0.6 is 0 Å². The van der Waals surface area contributed by atoms with Crippen molar-refractivity contribution < 1.29 is 13.2 Å². The summed E-state index contributed by atoms with van der Waals surface area (Å²) in [5.41, 5.74) is 0.684. The number of halogens is 1. The second-order valence-corrected chi connectivity index (χ2v) is 5.82. The van der Waals surface area contributed by atoms with Crippen LogP contribution in [0.25, 0.3) is 0 Å². The molecule has 3 nitrogen and oxygen atoms in total. The normalized spacial score (nSPS) is 20.6. The van der Waals surface area contributed by atoms with Crippen molar-refractivity contribution in [1.29, 1.82) is 0 Å². The minimum absolute atomic E-state index is 0.337. The highest BCUT2D eigenvalue weighted by Crippen LogP contribution is 2.30. The molecule has 2 unspecified atom stereocenters. The molecule has 0 saturated carbocycles. The van der Waals surface area contributed by atoms with Crippen molar-refractivity contribution in [3.8, 4) is 0 Å². The van der Waals surface area contributed by atoms with Gasteiger partial charge in [0, 0.05) is 5.25 Å². The number of piperidine rings is 1. The second-order valence-electron chi connectivity index (χ2n) is 4.73. The van der Waals surface area contributed by atoms with Gasteiger partial charge in [-0.1, -0.05) is 12.1 Å². The molecule has 0 radical (unpaired) electrons. The third kappa shape index (κ3) is 3.60. The lowest BCUT2D eigenvalue weighted by Crippen LogP contribution is -2.29. The topological polar surface area (TPSA) is 52.2 Å². The minimum atomic E-state index is -2.16. The monoisotopic (exact) mass is 270 g/mol. The molecule has 100 valence electrons. The molecule has 1 aromatic rings. The van der Waals surface area contributed by atoms with E-state index >= 15 is 0 Å². The van der Waals surface area contributed by atoms with Gasteiger partial charge in [0.05, 0.1) is 0 Å². The van der Waals surface area contributed by atoms with Gasteiger partial charge in [-0.15, -0.1) is 0 Å². The van der Waals surface area contributed by atoms with Gasteiger partial charge in [0.1, 0.15) is 5.82 Å². The Kier molecular flexibility index (Phi) is 4.86. The maximum atomic E-state index is 12.8. The first-order valence-corrected chi connectivity index (χ1v) is 7.35. The van der Waals surface area contributed by atoms with Crippen molar-refractivity contribution in [2.75, 3.05) is 13.1 Å². The van der Waals surface area contributed by atoms with Crippen LogP contribution in [0.5, 0.6) is 0 Å². The van der Waals surface area contributed by atoms with Crippen LogP contribution in [-0.4, -0.2) is 21.9 Å². The third-order valence-corrected chi connectivity index (χ3v) is 4.41. The van der Waals surface area contributed by atoms with Crippen LogP contribution in [0.15, 0.2) is 24.3 Å². The Labute approximate surface area is 109 Å². The lowest BCUT2D eigenvalue weighted by atomic mass is 9.91. The Morgan fingerprint density at radius 2 is 1.94 bits per heavy atom. The van der Waals surface area contributed by atoms with Crippen molar-refractivity contribution in [3.05, 3.63) is 35.6 Å². The maximum absolute atomic E-state index is 12.8. The summed E-state index contributed by atoms with van der Waals surface area (Å²) < 4.78 is 35.5. The summed E-state index contributed by atoms with van der Waals surface area (Å²) in [6.45, 7) is 1.90. The molecule has 0 spiro atoms. The Morgan fingerprint density at radius 3 is 2.50 bits per heavy atom. The lowest BCUT2D eigenvalue weighted by Gasteiger charge is -2.28. The van der Waals surface area contributed by atoms with E-state index in [1.54, 1.807) is 12.1 Å². The average molecular weight is 270 g/mol. The number of benzene rings is 1. The third-order valence-electron chi connectivity index (χ3n) is 3.48. The Hall–Kier alpha value is -0.780. The molecule has 1 aliphatic heterocycles. The molecule has 5 heteroatoms. The van der Waals surface area contributed by atoms with Crippen molar-refractivity contribution in [3.63, 3.8) is 0 Å². The van der Waals surface area contributed by atoms with E-state index in [1.807, 2.05) is 0 Å². The zero-order valence-electron chi connectivity index (χ0n) is 10.1. The van der Waals surface area contributed by atoms with Gasteiger partial charge in [-0.3, -0.25) is 4.21 Å². The zero-order chi connectivity index (χ0) is 13.0. The Bertz CT molecular complexity index is 404. The molecule has 1 heterocycles. The first kappa shape index (κ1) is 13.6. The van der Waals surface area contributed by atoms with E-state index in [4.69, 9.17) is 0 Å². The van der Waals surface area contributed by atoms with Gasteiger partial charge >= 0.3 is 0 Å². The standard InChI is InChI=1S/C13H18FNO2S/c14-12-3-1-11(2-4-12)13(18(16)17)9-10-5-7-15-8-6-10/h1-4,10,13,15H,5-9H2,(H,16,17)/p-1. The van der Waals surface area contributed by atoms with E-state index in [2.05, 4.69) is 5.32 Å².